The van der Waals surface area contributed by atoms with Crippen molar-refractivity contribution in [2.45, 2.75) is 120 Å². The molecule has 5 aliphatic rings. The molecule has 4 heterocycles. The van der Waals surface area contributed by atoms with Gasteiger partial charge in [-0.15, -0.1) is 12.4 Å². The number of nitrogens with zero attached hydrogens (tertiary/aromatic N) is 3. The Morgan fingerprint density at radius 1 is 0.978 bits per heavy atom. The van der Waals surface area contributed by atoms with Crippen molar-refractivity contribution in [2.24, 2.45) is 11.8 Å². The normalized spacial score (nSPS) is 29.8. The van der Waals surface area contributed by atoms with Gasteiger partial charge in [0.15, 0.2) is 0 Å². The van der Waals surface area contributed by atoms with Gasteiger partial charge in [0.2, 0.25) is 11.8 Å². The zero-order valence-corrected chi connectivity index (χ0v) is 27.4. The molecule has 1 N–H and O–H groups in total. The smallest absolute Gasteiger partial charge is 0.327 e. The van der Waals surface area contributed by atoms with Crippen LogP contribution in [0.3, 0.4) is 0 Å². The third-order valence-corrected chi connectivity index (χ3v) is 11.0. The summed E-state index contributed by atoms with van der Waals surface area (Å²) < 4.78 is 33.0. The second-order valence-electron chi connectivity index (χ2n) is 14.2. The summed E-state index contributed by atoms with van der Waals surface area (Å²) in [4.78, 5) is 47.1. The van der Waals surface area contributed by atoms with Crippen molar-refractivity contribution in [3.8, 4) is 0 Å². The van der Waals surface area contributed by atoms with E-state index in [1.165, 1.54) is 0 Å². The number of ether oxygens (including phenoxy) is 1. The van der Waals surface area contributed by atoms with Gasteiger partial charge in [0.05, 0.1) is 6.04 Å². The van der Waals surface area contributed by atoms with E-state index < -0.39 is 11.5 Å². The first kappa shape index (κ1) is 34.0. The molecule has 0 aromatic heterocycles. The lowest BCUT2D eigenvalue weighted by molar-refractivity contribution is -0.138. The Kier molecular flexibility index (Phi) is 10.5. The number of halogens is 3. The standard InChI is InChI=1S/C34H48F2N4O4.ClH/c1-23(2)40-32(43)39(22-24-13-18-44-19-14-24)31(42)33(40)20-27-8-9-28(21-33)38(27)17-12-29(25-6-4-3-5-7-25)37-30(41)26-10-15-34(35,36)16-11-26;/h3-7,23-24,26-29H,8-22H2,1-2H3,(H,37,41);1H/t27?,28?,29-,33?;/m0./s1. The summed E-state index contributed by atoms with van der Waals surface area (Å²) in [6.45, 7) is 6.62. The van der Waals surface area contributed by atoms with Crippen molar-refractivity contribution in [1.82, 2.24) is 20.0 Å². The van der Waals surface area contributed by atoms with Gasteiger partial charge in [-0.2, -0.15) is 0 Å². The molecule has 1 aromatic carbocycles. The van der Waals surface area contributed by atoms with Gasteiger partial charge in [0, 0.05) is 63.2 Å². The van der Waals surface area contributed by atoms with Crippen LogP contribution in [0, 0.1) is 11.8 Å². The molecule has 2 unspecified atom stereocenters. The summed E-state index contributed by atoms with van der Waals surface area (Å²) in [6.07, 6.45) is 5.62. The van der Waals surface area contributed by atoms with Crippen LogP contribution in [0.5, 0.6) is 0 Å². The van der Waals surface area contributed by atoms with Crippen molar-refractivity contribution >= 4 is 30.3 Å². The van der Waals surface area contributed by atoms with Crippen LogP contribution in [0.15, 0.2) is 30.3 Å². The number of fused-ring (bicyclic) bond motifs is 2. The summed E-state index contributed by atoms with van der Waals surface area (Å²) in [5, 5.41) is 3.21. The van der Waals surface area contributed by atoms with Gasteiger partial charge in [-0.05, 0) is 83.1 Å². The van der Waals surface area contributed by atoms with Crippen LogP contribution in [-0.4, -0.2) is 88.4 Å². The molecular formula is C34H49ClF2N4O4. The number of imide groups is 1. The Morgan fingerprint density at radius 3 is 2.20 bits per heavy atom. The SMILES string of the molecule is CC(C)N1C(=O)N(CC2CCOCC2)C(=O)C12CC1CCC(C2)N1CC[C@H](NC(=O)C1CCC(F)(F)CC1)c1ccccc1.Cl. The molecule has 250 valence electrons. The van der Waals surface area contributed by atoms with E-state index in [4.69, 9.17) is 4.74 Å². The Labute approximate surface area is 272 Å². The van der Waals surface area contributed by atoms with Crippen LogP contribution in [0.1, 0.15) is 96.1 Å². The predicted octanol–water partition coefficient (Wildman–Crippen LogP) is 5.95. The fraction of sp³-hybridized carbons (Fsp3) is 0.735. The number of alkyl halides is 2. The van der Waals surface area contributed by atoms with E-state index in [2.05, 4.69) is 10.2 Å². The molecule has 4 saturated heterocycles. The fourth-order valence-corrected chi connectivity index (χ4v) is 8.75. The monoisotopic (exact) mass is 650 g/mol. The molecule has 3 atom stereocenters. The minimum absolute atomic E-state index is 0. The third kappa shape index (κ3) is 6.89. The Balaban J connectivity index is 0.00000400. The molecule has 11 heteroatoms. The Morgan fingerprint density at radius 2 is 1.60 bits per heavy atom. The Hall–Kier alpha value is -2.30. The molecule has 45 heavy (non-hydrogen) atoms. The number of hydrogen-bond acceptors (Lipinski definition) is 5. The highest BCUT2D eigenvalue weighted by atomic mass is 35.5. The van der Waals surface area contributed by atoms with Crippen molar-refractivity contribution in [2.75, 3.05) is 26.3 Å². The van der Waals surface area contributed by atoms with Crippen LogP contribution in [0.25, 0.3) is 0 Å². The van der Waals surface area contributed by atoms with E-state index in [9.17, 15) is 23.2 Å². The van der Waals surface area contributed by atoms with Gasteiger partial charge >= 0.3 is 6.03 Å². The highest BCUT2D eigenvalue weighted by Gasteiger charge is 2.63. The molecule has 4 aliphatic heterocycles. The topological polar surface area (TPSA) is 82.2 Å². The maximum absolute atomic E-state index is 14.2. The van der Waals surface area contributed by atoms with Crippen molar-refractivity contribution in [1.29, 1.82) is 0 Å². The summed E-state index contributed by atoms with van der Waals surface area (Å²) >= 11 is 0. The van der Waals surface area contributed by atoms with Gasteiger partial charge in [-0.1, -0.05) is 30.3 Å². The van der Waals surface area contributed by atoms with Gasteiger partial charge < -0.3 is 15.0 Å². The van der Waals surface area contributed by atoms with Gasteiger partial charge in [-0.3, -0.25) is 19.4 Å². The van der Waals surface area contributed by atoms with Gasteiger partial charge in [-0.25, -0.2) is 13.6 Å². The van der Waals surface area contributed by atoms with E-state index >= 15 is 0 Å². The quantitative estimate of drug-likeness (QED) is 0.334. The van der Waals surface area contributed by atoms with Crippen molar-refractivity contribution < 1.29 is 27.9 Å². The molecular weight excluding hydrogens is 602 g/mol. The number of amides is 4. The zero-order chi connectivity index (χ0) is 31.1. The lowest BCUT2D eigenvalue weighted by Crippen LogP contribution is -2.61. The maximum atomic E-state index is 14.2. The average Bonchev–Trinajstić information content (AvgIpc) is 3.36. The van der Waals surface area contributed by atoms with E-state index in [1.54, 1.807) is 4.90 Å². The van der Waals surface area contributed by atoms with Crippen LogP contribution in [0.4, 0.5) is 13.6 Å². The molecule has 4 amide bonds. The van der Waals surface area contributed by atoms with Crippen LogP contribution >= 0.6 is 12.4 Å². The number of rotatable bonds is 9. The number of hydrogen-bond donors (Lipinski definition) is 1. The second-order valence-corrected chi connectivity index (χ2v) is 14.2. The molecule has 8 nitrogen and oxygen atoms in total. The van der Waals surface area contributed by atoms with Crippen LogP contribution < -0.4 is 5.32 Å². The van der Waals surface area contributed by atoms with Crippen molar-refractivity contribution in [3.63, 3.8) is 0 Å². The second kappa shape index (κ2) is 13.8. The lowest BCUT2D eigenvalue weighted by Gasteiger charge is -2.48. The highest BCUT2D eigenvalue weighted by molar-refractivity contribution is 6.07. The van der Waals surface area contributed by atoms with E-state index in [0.29, 0.717) is 39.0 Å². The third-order valence-electron chi connectivity index (χ3n) is 11.0. The maximum Gasteiger partial charge on any atom is 0.327 e. The van der Waals surface area contributed by atoms with E-state index in [0.717, 1.165) is 37.8 Å². The number of carbonyl (C=O) groups excluding carboxylic acids is 3. The lowest BCUT2D eigenvalue weighted by atomic mass is 9.80. The average molecular weight is 651 g/mol. The summed E-state index contributed by atoms with van der Waals surface area (Å²) in [7, 11) is 0. The highest BCUT2D eigenvalue weighted by Crippen LogP contribution is 2.48. The first-order valence-corrected chi connectivity index (χ1v) is 16.8. The minimum atomic E-state index is -2.67. The molecule has 1 aromatic rings. The number of benzene rings is 1. The number of carbonyl (C=O) groups is 3. The molecule has 6 rings (SSSR count). The minimum Gasteiger partial charge on any atom is -0.381 e. The Bertz CT molecular complexity index is 1190. The van der Waals surface area contributed by atoms with Crippen molar-refractivity contribution in [3.05, 3.63) is 35.9 Å². The summed E-state index contributed by atoms with van der Waals surface area (Å²) in [5.41, 5.74) is 0.212. The number of nitrogens with one attached hydrogen (secondary N) is 1. The first-order chi connectivity index (χ1) is 21.1. The summed E-state index contributed by atoms with van der Waals surface area (Å²) in [6, 6.07) is 9.81. The molecule has 2 bridgehead atoms. The van der Waals surface area contributed by atoms with Gasteiger partial charge in [0.1, 0.15) is 5.54 Å². The molecule has 1 aliphatic carbocycles. The molecule has 1 saturated carbocycles. The fourth-order valence-electron chi connectivity index (χ4n) is 8.75. The van der Waals surface area contributed by atoms with E-state index in [1.807, 2.05) is 49.1 Å². The summed E-state index contributed by atoms with van der Waals surface area (Å²) in [5.74, 6) is -2.93. The van der Waals surface area contributed by atoms with Crippen LogP contribution in [0.2, 0.25) is 0 Å². The molecule has 5 fully saturated rings. The van der Waals surface area contributed by atoms with E-state index in [-0.39, 0.29) is 91.9 Å². The van der Waals surface area contributed by atoms with Crippen LogP contribution in [-0.2, 0) is 14.3 Å². The number of urea groups is 1. The molecule has 1 spiro atoms. The first-order valence-electron chi connectivity index (χ1n) is 16.8. The zero-order valence-electron chi connectivity index (χ0n) is 26.6. The molecule has 0 radical (unpaired) electrons. The predicted molar refractivity (Wildman–Crippen MR) is 169 cm³/mol. The van der Waals surface area contributed by atoms with Gasteiger partial charge in [0.25, 0.3) is 5.91 Å². The number of piperidine rings is 1. The largest absolute Gasteiger partial charge is 0.381 e.